The second-order valence-corrected chi connectivity index (χ2v) is 6.11. The number of hydrogen-bond acceptors (Lipinski definition) is 4. The van der Waals surface area contributed by atoms with Crippen LogP contribution in [0.5, 0.6) is 0 Å². The summed E-state index contributed by atoms with van der Waals surface area (Å²) in [6.45, 7) is 4.07. The number of hydrogen-bond donors (Lipinski definition) is 1. The van der Waals surface area contributed by atoms with E-state index in [1.165, 1.54) is 6.92 Å². The predicted octanol–water partition coefficient (Wildman–Crippen LogP) is 2.78. The molecule has 0 saturated heterocycles. The number of rotatable bonds is 8. The van der Waals surface area contributed by atoms with E-state index in [9.17, 15) is 14.4 Å². The van der Waals surface area contributed by atoms with Crippen LogP contribution in [-0.4, -0.2) is 35.8 Å². The maximum atomic E-state index is 12.3. The molecule has 0 saturated carbocycles. The first kappa shape index (κ1) is 20.2. The van der Waals surface area contributed by atoms with E-state index in [4.69, 9.17) is 4.74 Å². The molecule has 142 valence electrons. The van der Waals surface area contributed by atoms with E-state index in [2.05, 4.69) is 5.32 Å². The van der Waals surface area contributed by atoms with Gasteiger partial charge in [-0.3, -0.25) is 14.4 Å². The van der Waals surface area contributed by atoms with E-state index >= 15 is 0 Å². The third-order valence-electron chi connectivity index (χ3n) is 3.93. The van der Waals surface area contributed by atoms with Crippen molar-refractivity contribution in [2.24, 2.45) is 0 Å². The number of esters is 1. The third-order valence-corrected chi connectivity index (χ3v) is 3.93. The zero-order valence-corrected chi connectivity index (χ0v) is 15.6. The molecule has 1 N–H and O–H groups in total. The number of amides is 2. The Morgan fingerprint density at radius 3 is 2.22 bits per heavy atom. The Morgan fingerprint density at radius 1 is 0.963 bits per heavy atom. The van der Waals surface area contributed by atoms with Crippen molar-refractivity contribution < 1.29 is 19.1 Å². The lowest BCUT2D eigenvalue weighted by Gasteiger charge is -2.20. The molecule has 0 radical (unpaired) electrons. The molecule has 0 heterocycles. The lowest BCUT2D eigenvalue weighted by atomic mass is 10.1. The average Bonchev–Trinajstić information content (AvgIpc) is 2.66. The fourth-order valence-corrected chi connectivity index (χ4v) is 2.54. The topological polar surface area (TPSA) is 75.7 Å². The monoisotopic (exact) mass is 368 g/mol. The summed E-state index contributed by atoms with van der Waals surface area (Å²) in [5, 5.41) is 2.66. The van der Waals surface area contributed by atoms with Crippen molar-refractivity contribution in [3.63, 3.8) is 0 Å². The Kier molecular flexibility index (Phi) is 7.55. The largest absolute Gasteiger partial charge is 0.455 e. The number of carbonyl (C=O) groups is 3. The molecule has 0 unspecified atom stereocenters. The number of carbonyl (C=O) groups excluding carboxylic acids is 3. The lowest BCUT2D eigenvalue weighted by molar-refractivity contribution is -0.151. The van der Waals surface area contributed by atoms with Gasteiger partial charge in [-0.15, -0.1) is 0 Å². The van der Waals surface area contributed by atoms with Crippen LogP contribution in [0.4, 0.5) is 5.69 Å². The fourth-order valence-electron chi connectivity index (χ4n) is 2.54. The summed E-state index contributed by atoms with van der Waals surface area (Å²) in [6, 6.07) is 16.6. The molecule has 0 spiro atoms. The van der Waals surface area contributed by atoms with Gasteiger partial charge < -0.3 is 15.0 Å². The molecule has 0 aliphatic rings. The molecule has 0 fully saturated rings. The number of nitrogens with one attached hydrogen (secondary N) is 1. The Hall–Kier alpha value is -3.15. The first-order valence-corrected chi connectivity index (χ1v) is 8.81. The van der Waals surface area contributed by atoms with Crippen molar-refractivity contribution in [3.8, 4) is 0 Å². The van der Waals surface area contributed by atoms with Crippen LogP contribution in [0.2, 0.25) is 0 Å². The molecule has 2 amide bonds. The summed E-state index contributed by atoms with van der Waals surface area (Å²) in [5.41, 5.74) is 2.44. The number of benzene rings is 2. The first-order valence-electron chi connectivity index (χ1n) is 8.81. The molecule has 27 heavy (non-hydrogen) atoms. The second-order valence-electron chi connectivity index (χ2n) is 6.11. The van der Waals surface area contributed by atoms with Crippen LogP contribution in [-0.2, 0) is 32.1 Å². The maximum Gasteiger partial charge on any atom is 0.310 e. The normalized spacial score (nSPS) is 10.1. The summed E-state index contributed by atoms with van der Waals surface area (Å²) in [7, 11) is 0. The Labute approximate surface area is 159 Å². The van der Waals surface area contributed by atoms with E-state index in [1.54, 1.807) is 29.2 Å². The number of anilines is 1. The zero-order chi connectivity index (χ0) is 19.6. The van der Waals surface area contributed by atoms with Gasteiger partial charge in [-0.2, -0.15) is 0 Å². The molecule has 0 atom stereocenters. The minimum absolute atomic E-state index is 0.0679. The minimum Gasteiger partial charge on any atom is -0.455 e. The standard InChI is InChI=1S/C21H24N2O4/c1-3-23(14-18-7-5-4-6-8-18)20(25)15-27-21(26)13-17-9-11-19(12-10-17)22-16(2)24/h4-12H,3,13-15H2,1-2H3,(H,22,24). The van der Waals surface area contributed by atoms with Gasteiger partial charge in [0.25, 0.3) is 5.91 Å². The SMILES string of the molecule is CCN(Cc1ccccc1)C(=O)COC(=O)Cc1ccc(NC(C)=O)cc1. The van der Waals surface area contributed by atoms with Gasteiger partial charge in [-0.25, -0.2) is 0 Å². The van der Waals surface area contributed by atoms with Crippen LogP contribution in [0, 0.1) is 0 Å². The molecule has 0 aliphatic carbocycles. The second kappa shape index (κ2) is 10.1. The van der Waals surface area contributed by atoms with Crippen molar-refractivity contribution in [2.45, 2.75) is 26.8 Å². The van der Waals surface area contributed by atoms with Crippen molar-refractivity contribution >= 4 is 23.5 Å². The van der Waals surface area contributed by atoms with Gasteiger partial charge in [0.1, 0.15) is 0 Å². The highest BCUT2D eigenvalue weighted by Gasteiger charge is 2.15. The Balaban J connectivity index is 1.81. The van der Waals surface area contributed by atoms with Crippen LogP contribution in [0.25, 0.3) is 0 Å². The maximum absolute atomic E-state index is 12.3. The molecule has 2 aromatic rings. The molecule has 6 nitrogen and oxygen atoms in total. The van der Waals surface area contributed by atoms with E-state index < -0.39 is 5.97 Å². The van der Waals surface area contributed by atoms with Gasteiger partial charge in [0.15, 0.2) is 6.61 Å². The van der Waals surface area contributed by atoms with Gasteiger partial charge in [0.05, 0.1) is 6.42 Å². The summed E-state index contributed by atoms with van der Waals surface area (Å²) in [4.78, 5) is 36.9. The van der Waals surface area contributed by atoms with Crippen molar-refractivity contribution in [3.05, 3.63) is 65.7 Å². The van der Waals surface area contributed by atoms with Crippen molar-refractivity contribution in [2.75, 3.05) is 18.5 Å². The number of nitrogens with zero attached hydrogens (tertiary/aromatic N) is 1. The summed E-state index contributed by atoms with van der Waals surface area (Å²) in [5.74, 6) is -0.848. The molecule has 0 bridgehead atoms. The predicted molar refractivity (Wildman–Crippen MR) is 103 cm³/mol. The molecule has 0 aliphatic heterocycles. The van der Waals surface area contributed by atoms with Crippen LogP contribution in [0.15, 0.2) is 54.6 Å². The van der Waals surface area contributed by atoms with Crippen LogP contribution >= 0.6 is 0 Å². The molecule has 2 aromatic carbocycles. The van der Waals surface area contributed by atoms with E-state index in [0.29, 0.717) is 18.8 Å². The lowest BCUT2D eigenvalue weighted by Crippen LogP contribution is -2.34. The molecular weight excluding hydrogens is 344 g/mol. The highest BCUT2D eigenvalue weighted by atomic mass is 16.5. The smallest absolute Gasteiger partial charge is 0.310 e. The van der Waals surface area contributed by atoms with Gasteiger partial charge in [0.2, 0.25) is 5.91 Å². The van der Waals surface area contributed by atoms with E-state index in [1.807, 2.05) is 37.3 Å². The molecule has 0 aromatic heterocycles. The number of ether oxygens (including phenoxy) is 1. The van der Waals surface area contributed by atoms with Gasteiger partial charge >= 0.3 is 5.97 Å². The Bertz CT molecular complexity index is 773. The quantitative estimate of drug-likeness (QED) is 0.727. The molecule has 6 heteroatoms. The van der Waals surface area contributed by atoms with Crippen molar-refractivity contribution in [1.82, 2.24) is 4.90 Å². The van der Waals surface area contributed by atoms with Gasteiger partial charge in [-0.1, -0.05) is 42.5 Å². The van der Waals surface area contributed by atoms with Gasteiger partial charge in [-0.05, 0) is 30.2 Å². The van der Waals surface area contributed by atoms with Crippen molar-refractivity contribution in [1.29, 1.82) is 0 Å². The minimum atomic E-state index is -0.466. The van der Waals surface area contributed by atoms with Crippen LogP contribution < -0.4 is 5.32 Å². The van der Waals surface area contributed by atoms with Gasteiger partial charge in [0, 0.05) is 25.7 Å². The average molecular weight is 368 g/mol. The summed E-state index contributed by atoms with van der Waals surface area (Å²) < 4.78 is 5.12. The Morgan fingerprint density at radius 2 is 1.63 bits per heavy atom. The summed E-state index contributed by atoms with van der Waals surface area (Å²) in [6.07, 6.45) is 0.0679. The van der Waals surface area contributed by atoms with Crippen LogP contribution in [0.3, 0.4) is 0 Å². The van der Waals surface area contributed by atoms with E-state index in [-0.39, 0.29) is 24.8 Å². The third kappa shape index (κ3) is 6.93. The summed E-state index contributed by atoms with van der Waals surface area (Å²) >= 11 is 0. The molecule has 2 rings (SSSR count). The highest BCUT2D eigenvalue weighted by Crippen LogP contribution is 2.11. The highest BCUT2D eigenvalue weighted by molar-refractivity contribution is 5.88. The zero-order valence-electron chi connectivity index (χ0n) is 15.6. The molecular formula is C21H24N2O4. The first-order chi connectivity index (χ1) is 13.0. The fraction of sp³-hybridized carbons (Fsp3) is 0.286. The van der Waals surface area contributed by atoms with Crippen LogP contribution in [0.1, 0.15) is 25.0 Å². The number of likely N-dealkylation sites (N-methyl/N-ethyl adjacent to an activating group) is 1. The van der Waals surface area contributed by atoms with E-state index in [0.717, 1.165) is 11.1 Å².